The minimum Gasteiger partial charge on any atom is -0.365 e. The number of nitrogens with zero attached hydrogens (tertiary/aromatic N) is 1. The molecule has 0 spiro atoms. The molecule has 0 saturated heterocycles. The first-order valence-corrected chi connectivity index (χ1v) is 6.46. The maximum Gasteiger partial charge on any atom is 0.0494 e. The standard InChI is InChI=1S/C15H15ClN2/c16-12-6-7-15-13(8-12)14(17)10-18(15)9-11-4-2-1-3-5-11/h1-8,14H,9-10,17H2/t14-/m0/s1. The van der Waals surface area contributed by atoms with Crippen molar-refractivity contribution in [3.05, 3.63) is 64.7 Å². The van der Waals surface area contributed by atoms with Crippen LogP contribution in [0.4, 0.5) is 5.69 Å². The van der Waals surface area contributed by atoms with E-state index in [1.165, 1.54) is 11.3 Å². The zero-order chi connectivity index (χ0) is 12.5. The van der Waals surface area contributed by atoms with Gasteiger partial charge in [-0.05, 0) is 29.3 Å². The Morgan fingerprint density at radius 1 is 1.17 bits per heavy atom. The molecule has 1 aliphatic rings. The van der Waals surface area contributed by atoms with Crippen molar-refractivity contribution in [2.45, 2.75) is 12.6 Å². The lowest BCUT2D eigenvalue weighted by atomic mass is 10.1. The minimum atomic E-state index is 0.0578. The van der Waals surface area contributed by atoms with Gasteiger partial charge in [-0.15, -0.1) is 0 Å². The predicted octanol–water partition coefficient (Wildman–Crippen LogP) is 3.36. The first-order valence-electron chi connectivity index (χ1n) is 6.08. The molecule has 0 aliphatic carbocycles. The van der Waals surface area contributed by atoms with E-state index in [-0.39, 0.29) is 6.04 Å². The van der Waals surface area contributed by atoms with Crippen molar-refractivity contribution in [1.82, 2.24) is 0 Å². The zero-order valence-corrected chi connectivity index (χ0v) is 10.8. The summed E-state index contributed by atoms with van der Waals surface area (Å²) in [6.07, 6.45) is 0. The number of anilines is 1. The van der Waals surface area contributed by atoms with E-state index in [9.17, 15) is 0 Å². The molecule has 0 aromatic heterocycles. The summed E-state index contributed by atoms with van der Waals surface area (Å²) >= 11 is 6.02. The van der Waals surface area contributed by atoms with Gasteiger partial charge in [-0.1, -0.05) is 41.9 Å². The van der Waals surface area contributed by atoms with Crippen LogP contribution in [0.2, 0.25) is 5.02 Å². The monoisotopic (exact) mass is 258 g/mol. The molecule has 2 nitrogen and oxygen atoms in total. The molecule has 1 atom stereocenters. The average Bonchev–Trinajstić information content (AvgIpc) is 2.67. The Hall–Kier alpha value is -1.51. The van der Waals surface area contributed by atoms with Gasteiger partial charge in [-0.3, -0.25) is 0 Å². The third-order valence-corrected chi connectivity index (χ3v) is 3.60. The van der Waals surface area contributed by atoms with Crippen molar-refractivity contribution in [2.75, 3.05) is 11.4 Å². The van der Waals surface area contributed by atoms with E-state index >= 15 is 0 Å². The maximum absolute atomic E-state index is 6.16. The summed E-state index contributed by atoms with van der Waals surface area (Å²) in [5.74, 6) is 0. The van der Waals surface area contributed by atoms with Crippen LogP contribution >= 0.6 is 11.6 Å². The highest BCUT2D eigenvalue weighted by Crippen LogP contribution is 2.36. The molecule has 0 unspecified atom stereocenters. The van der Waals surface area contributed by atoms with Crippen LogP contribution < -0.4 is 10.6 Å². The molecule has 1 aliphatic heterocycles. The molecule has 3 rings (SSSR count). The lowest BCUT2D eigenvalue weighted by Gasteiger charge is -2.19. The van der Waals surface area contributed by atoms with Gasteiger partial charge in [0.1, 0.15) is 0 Å². The summed E-state index contributed by atoms with van der Waals surface area (Å²) in [7, 11) is 0. The molecule has 18 heavy (non-hydrogen) atoms. The van der Waals surface area contributed by atoms with E-state index in [0.29, 0.717) is 0 Å². The van der Waals surface area contributed by atoms with Crippen molar-refractivity contribution in [2.24, 2.45) is 5.73 Å². The van der Waals surface area contributed by atoms with Crippen molar-refractivity contribution in [3.8, 4) is 0 Å². The van der Waals surface area contributed by atoms with Gasteiger partial charge in [-0.25, -0.2) is 0 Å². The Morgan fingerprint density at radius 3 is 2.72 bits per heavy atom. The van der Waals surface area contributed by atoms with Gasteiger partial charge in [0.2, 0.25) is 0 Å². The summed E-state index contributed by atoms with van der Waals surface area (Å²) in [6.45, 7) is 1.74. The number of hydrogen-bond donors (Lipinski definition) is 1. The first kappa shape index (κ1) is 11.6. The molecule has 0 radical (unpaired) electrons. The van der Waals surface area contributed by atoms with Crippen LogP contribution in [0, 0.1) is 0 Å². The van der Waals surface area contributed by atoms with Crippen LogP contribution in [0.5, 0.6) is 0 Å². The number of halogens is 1. The van der Waals surface area contributed by atoms with Crippen LogP contribution in [-0.4, -0.2) is 6.54 Å². The van der Waals surface area contributed by atoms with Gasteiger partial charge in [0.25, 0.3) is 0 Å². The third kappa shape index (κ3) is 2.09. The average molecular weight is 259 g/mol. The Labute approximate surface area is 112 Å². The predicted molar refractivity (Wildman–Crippen MR) is 75.9 cm³/mol. The summed E-state index contributed by atoms with van der Waals surface area (Å²) in [5.41, 5.74) is 9.81. The fourth-order valence-corrected chi connectivity index (χ4v) is 2.68. The summed E-state index contributed by atoms with van der Waals surface area (Å²) in [4.78, 5) is 2.31. The van der Waals surface area contributed by atoms with Gasteiger partial charge in [-0.2, -0.15) is 0 Å². The van der Waals surface area contributed by atoms with Gasteiger partial charge < -0.3 is 10.6 Å². The summed E-state index contributed by atoms with van der Waals surface area (Å²) < 4.78 is 0. The van der Waals surface area contributed by atoms with Crippen LogP contribution in [0.1, 0.15) is 17.2 Å². The summed E-state index contributed by atoms with van der Waals surface area (Å²) in [6, 6.07) is 16.5. The highest BCUT2D eigenvalue weighted by molar-refractivity contribution is 6.30. The van der Waals surface area contributed by atoms with E-state index in [2.05, 4.69) is 35.2 Å². The number of rotatable bonds is 2. The van der Waals surface area contributed by atoms with Gasteiger partial charge >= 0.3 is 0 Å². The number of fused-ring (bicyclic) bond motifs is 1. The Kier molecular flexibility index (Phi) is 2.98. The molecule has 2 aromatic rings. The van der Waals surface area contributed by atoms with Crippen LogP contribution in [-0.2, 0) is 6.54 Å². The molecule has 0 amide bonds. The number of benzene rings is 2. The van der Waals surface area contributed by atoms with Crippen LogP contribution in [0.15, 0.2) is 48.5 Å². The van der Waals surface area contributed by atoms with Crippen LogP contribution in [0.3, 0.4) is 0 Å². The number of nitrogens with two attached hydrogens (primary N) is 1. The molecular weight excluding hydrogens is 244 g/mol. The maximum atomic E-state index is 6.16. The second kappa shape index (κ2) is 4.63. The lowest BCUT2D eigenvalue weighted by molar-refractivity contribution is 0.720. The molecule has 0 saturated carbocycles. The lowest BCUT2D eigenvalue weighted by Crippen LogP contribution is -2.23. The van der Waals surface area contributed by atoms with Gasteiger partial charge in [0.05, 0.1) is 0 Å². The highest BCUT2D eigenvalue weighted by atomic mass is 35.5. The highest BCUT2D eigenvalue weighted by Gasteiger charge is 2.25. The quantitative estimate of drug-likeness (QED) is 0.895. The summed E-state index contributed by atoms with van der Waals surface area (Å²) in [5, 5.41) is 0.755. The second-order valence-electron chi connectivity index (χ2n) is 4.68. The zero-order valence-electron chi connectivity index (χ0n) is 10.0. The minimum absolute atomic E-state index is 0.0578. The Balaban J connectivity index is 1.89. The first-order chi connectivity index (χ1) is 8.74. The molecule has 2 aromatic carbocycles. The third-order valence-electron chi connectivity index (χ3n) is 3.36. The van der Waals surface area contributed by atoms with Crippen molar-refractivity contribution < 1.29 is 0 Å². The largest absolute Gasteiger partial charge is 0.365 e. The topological polar surface area (TPSA) is 29.3 Å². The molecule has 0 fully saturated rings. The van der Waals surface area contributed by atoms with E-state index < -0.39 is 0 Å². The SMILES string of the molecule is N[C@H]1CN(Cc2ccccc2)c2ccc(Cl)cc21. The van der Waals surface area contributed by atoms with E-state index in [1.807, 2.05) is 18.2 Å². The smallest absolute Gasteiger partial charge is 0.0494 e. The van der Waals surface area contributed by atoms with Crippen molar-refractivity contribution >= 4 is 17.3 Å². The van der Waals surface area contributed by atoms with Gasteiger partial charge in [0, 0.05) is 29.8 Å². The van der Waals surface area contributed by atoms with E-state index in [0.717, 1.165) is 23.7 Å². The Bertz CT molecular complexity index is 554. The van der Waals surface area contributed by atoms with Crippen molar-refractivity contribution in [1.29, 1.82) is 0 Å². The van der Waals surface area contributed by atoms with Crippen molar-refractivity contribution in [3.63, 3.8) is 0 Å². The van der Waals surface area contributed by atoms with Gasteiger partial charge in [0.15, 0.2) is 0 Å². The molecule has 1 heterocycles. The van der Waals surface area contributed by atoms with Crippen LogP contribution in [0.25, 0.3) is 0 Å². The molecule has 0 bridgehead atoms. The Morgan fingerprint density at radius 2 is 1.94 bits per heavy atom. The fourth-order valence-electron chi connectivity index (χ4n) is 2.50. The second-order valence-corrected chi connectivity index (χ2v) is 5.11. The fraction of sp³-hybridized carbons (Fsp3) is 0.200. The normalized spacial score (nSPS) is 17.9. The molecule has 2 N–H and O–H groups in total. The molecular formula is C15H15ClN2. The molecule has 92 valence electrons. The number of hydrogen-bond acceptors (Lipinski definition) is 2. The van der Waals surface area contributed by atoms with E-state index in [4.69, 9.17) is 17.3 Å². The molecule has 3 heteroatoms. The van der Waals surface area contributed by atoms with E-state index in [1.54, 1.807) is 0 Å².